The summed E-state index contributed by atoms with van der Waals surface area (Å²) in [6, 6.07) is 11.8. The highest BCUT2D eigenvalue weighted by molar-refractivity contribution is 5.82. The topological polar surface area (TPSA) is 52.9 Å². The third-order valence-electron chi connectivity index (χ3n) is 3.02. The van der Waals surface area contributed by atoms with Crippen LogP contribution in [0.1, 0.15) is 33.3 Å². The molecule has 0 spiro atoms. The van der Waals surface area contributed by atoms with Gasteiger partial charge in [0.05, 0.1) is 11.6 Å². The smallest absolute Gasteiger partial charge is 0.238 e. The Morgan fingerprint density at radius 3 is 2.28 bits per heavy atom. The summed E-state index contributed by atoms with van der Waals surface area (Å²) in [7, 11) is 0. The SMILES string of the molecule is CC(C)C(C#N)C(=O)NC(C)(C)c1ccccc1. The molecule has 1 atom stereocenters. The Labute approximate surface area is 109 Å². The number of nitrogens with zero attached hydrogens (tertiary/aromatic N) is 1. The van der Waals surface area contributed by atoms with Crippen LogP contribution in [0.5, 0.6) is 0 Å². The largest absolute Gasteiger partial charge is 0.346 e. The zero-order valence-electron chi connectivity index (χ0n) is 11.4. The summed E-state index contributed by atoms with van der Waals surface area (Å²) in [5.41, 5.74) is 0.557. The third kappa shape index (κ3) is 3.33. The molecule has 1 rings (SSSR count). The van der Waals surface area contributed by atoms with Crippen molar-refractivity contribution in [2.24, 2.45) is 11.8 Å². The lowest BCUT2D eigenvalue weighted by Gasteiger charge is -2.28. The summed E-state index contributed by atoms with van der Waals surface area (Å²) in [5, 5.41) is 12.0. The maximum absolute atomic E-state index is 12.1. The van der Waals surface area contributed by atoms with Crippen molar-refractivity contribution in [2.45, 2.75) is 33.2 Å². The molecule has 3 heteroatoms. The lowest BCUT2D eigenvalue weighted by atomic mass is 9.91. The second-order valence-electron chi connectivity index (χ2n) is 5.33. The van der Waals surface area contributed by atoms with Gasteiger partial charge in [-0.3, -0.25) is 4.79 Å². The van der Waals surface area contributed by atoms with Crippen LogP contribution in [0.3, 0.4) is 0 Å². The van der Waals surface area contributed by atoms with Gasteiger partial charge in [-0.15, -0.1) is 0 Å². The third-order valence-corrected chi connectivity index (χ3v) is 3.02. The maximum atomic E-state index is 12.1. The van der Waals surface area contributed by atoms with Gasteiger partial charge in [-0.1, -0.05) is 44.2 Å². The van der Waals surface area contributed by atoms with Crippen LogP contribution in [0.2, 0.25) is 0 Å². The molecule has 0 aliphatic rings. The highest BCUT2D eigenvalue weighted by atomic mass is 16.2. The van der Waals surface area contributed by atoms with E-state index in [-0.39, 0.29) is 11.8 Å². The maximum Gasteiger partial charge on any atom is 0.238 e. The summed E-state index contributed by atoms with van der Waals surface area (Å²) in [4.78, 5) is 12.1. The fraction of sp³-hybridized carbons (Fsp3) is 0.467. The van der Waals surface area contributed by atoms with Crippen molar-refractivity contribution in [1.82, 2.24) is 5.32 Å². The standard InChI is InChI=1S/C15H20N2O/c1-11(2)13(10-16)14(18)17-15(3,4)12-8-6-5-7-9-12/h5-9,11,13H,1-4H3,(H,17,18). The second-order valence-corrected chi connectivity index (χ2v) is 5.33. The molecule has 18 heavy (non-hydrogen) atoms. The van der Waals surface area contributed by atoms with Crippen molar-refractivity contribution < 1.29 is 4.79 Å². The Balaban J connectivity index is 2.84. The predicted molar refractivity (Wildman–Crippen MR) is 71.6 cm³/mol. The molecule has 0 bridgehead atoms. The van der Waals surface area contributed by atoms with Crippen molar-refractivity contribution in [1.29, 1.82) is 5.26 Å². The van der Waals surface area contributed by atoms with Gasteiger partial charge >= 0.3 is 0 Å². The van der Waals surface area contributed by atoms with E-state index in [1.54, 1.807) is 0 Å². The minimum absolute atomic E-state index is 0.0153. The first-order valence-corrected chi connectivity index (χ1v) is 6.15. The summed E-state index contributed by atoms with van der Waals surface area (Å²) in [6.07, 6.45) is 0. The molecular weight excluding hydrogens is 224 g/mol. The van der Waals surface area contributed by atoms with Crippen molar-refractivity contribution in [2.75, 3.05) is 0 Å². The van der Waals surface area contributed by atoms with Crippen molar-refractivity contribution in [3.63, 3.8) is 0 Å². The Bertz CT molecular complexity index is 443. The quantitative estimate of drug-likeness (QED) is 0.885. The first-order chi connectivity index (χ1) is 8.38. The number of carbonyl (C=O) groups excluding carboxylic acids is 1. The summed E-state index contributed by atoms with van der Waals surface area (Å²) in [6.45, 7) is 7.63. The number of carbonyl (C=O) groups is 1. The average Bonchev–Trinajstić information content (AvgIpc) is 2.29. The number of nitrogens with one attached hydrogen (secondary N) is 1. The van der Waals surface area contributed by atoms with Crippen LogP contribution in [0, 0.1) is 23.2 Å². The molecule has 1 aromatic carbocycles. The van der Waals surface area contributed by atoms with E-state index in [4.69, 9.17) is 5.26 Å². The van der Waals surface area contributed by atoms with Crippen molar-refractivity contribution >= 4 is 5.91 Å². The van der Waals surface area contributed by atoms with E-state index in [1.165, 1.54) is 0 Å². The van der Waals surface area contributed by atoms with Gasteiger partial charge < -0.3 is 5.32 Å². The Morgan fingerprint density at radius 1 is 1.28 bits per heavy atom. The van der Waals surface area contributed by atoms with Gasteiger partial charge in [-0.2, -0.15) is 5.26 Å². The van der Waals surface area contributed by atoms with Crippen LogP contribution < -0.4 is 5.32 Å². The van der Waals surface area contributed by atoms with Crippen LogP contribution in [0.4, 0.5) is 0 Å². The summed E-state index contributed by atoms with van der Waals surface area (Å²) < 4.78 is 0. The molecule has 1 unspecified atom stereocenters. The zero-order valence-corrected chi connectivity index (χ0v) is 11.4. The molecule has 1 aromatic rings. The Kier molecular flexibility index (Phi) is 4.49. The minimum atomic E-state index is -0.604. The summed E-state index contributed by atoms with van der Waals surface area (Å²) in [5.74, 6) is -0.795. The average molecular weight is 244 g/mol. The fourth-order valence-electron chi connectivity index (χ4n) is 1.82. The van der Waals surface area contributed by atoms with Gasteiger partial charge in [0.2, 0.25) is 5.91 Å². The highest BCUT2D eigenvalue weighted by Gasteiger charge is 2.28. The van der Waals surface area contributed by atoms with Gasteiger partial charge in [-0.25, -0.2) is 0 Å². The minimum Gasteiger partial charge on any atom is -0.346 e. The van der Waals surface area contributed by atoms with Gasteiger partial charge in [0, 0.05) is 0 Å². The van der Waals surface area contributed by atoms with E-state index < -0.39 is 11.5 Å². The molecule has 0 heterocycles. The van der Waals surface area contributed by atoms with E-state index in [1.807, 2.05) is 58.0 Å². The highest BCUT2D eigenvalue weighted by Crippen LogP contribution is 2.21. The van der Waals surface area contributed by atoms with E-state index in [2.05, 4.69) is 11.4 Å². The molecule has 0 radical (unpaired) electrons. The van der Waals surface area contributed by atoms with E-state index >= 15 is 0 Å². The fourth-order valence-corrected chi connectivity index (χ4v) is 1.82. The Morgan fingerprint density at radius 2 is 1.83 bits per heavy atom. The van der Waals surface area contributed by atoms with E-state index in [9.17, 15) is 4.79 Å². The molecule has 0 fully saturated rings. The number of amides is 1. The zero-order chi connectivity index (χ0) is 13.8. The van der Waals surface area contributed by atoms with Crippen molar-refractivity contribution in [3.05, 3.63) is 35.9 Å². The number of hydrogen-bond acceptors (Lipinski definition) is 2. The Hall–Kier alpha value is -1.82. The number of hydrogen-bond donors (Lipinski definition) is 1. The van der Waals surface area contributed by atoms with Crippen molar-refractivity contribution in [3.8, 4) is 6.07 Å². The number of nitriles is 1. The van der Waals surface area contributed by atoms with Gasteiger partial charge in [0.1, 0.15) is 5.92 Å². The van der Waals surface area contributed by atoms with Gasteiger partial charge in [-0.05, 0) is 25.3 Å². The van der Waals surface area contributed by atoms with Crippen LogP contribution in [-0.4, -0.2) is 5.91 Å². The monoisotopic (exact) mass is 244 g/mol. The van der Waals surface area contributed by atoms with Crippen LogP contribution in [0.15, 0.2) is 30.3 Å². The lowest BCUT2D eigenvalue weighted by Crippen LogP contribution is -2.44. The molecule has 0 aromatic heterocycles. The lowest BCUT2D eigenvalue weighted by molar-refractivity contribution is -0.126. The molecule has 0 aliphatic carbocycles. The van der Waals surface area contributed by atoms with Gasteiger partial charge in [0.15, 0.2) is 0 Å². The van der Waals surface area contributed by atoms with Gasteiger partial charge in [0.25, 0.3) is 0 Å². The van der Waals surface area contributed by atoms with E-state index in [0.717, 1.165) is 5.56 Å². The molecule has 1 amide bonds. The normalized spacial score (nSPS) is 12.9. The van der Waals surface area contributed by atoms with Crippen LogP contribution >= 0.6 is 0 Å². The van der Waals surface area contributed by atoms with Crippen LogP contribution in [-0.2, 0) is 10.3 Å². The second kappa shape index (κ2) is 5.68. The molecule has 96 valence electrons. The molecular formula is C15H20N2O. The van der Waals surface area contributed by atoms with Crippen LogP contribution in [0.25, 0.3) is 0 Å². The molecule has 0 saturated carbocycles. The molecule has 0 aliphatic heterocycles. The molecule has 3 nitrogen and oxygen atoms in total. The molecule has 1 N–H and O–H groups in total. The molecule has 0 saturated heterocycles. The first kappa shape index (κ1) is 14.2. The first-order valence-electron chi connectivity index (χ1n) is 6.15. The summed E-state index contributed by atoms with van der Waals surface area (Å²) >= 11 is 0. The van der Waals surface area contributed by atoms with E-state index in [0.29, 0.717) is 0 Å². The number of rotatable bonds is 4. The number of benzene rings is 1. The predicted octanol–water partition coefficient (Wildman–Crippen LogP) is 2.83.